The van der Waals surface area contributed by atoms with Crippen LogP contribution in [0.4, 0.5) is 17.3 Å². The number of nitrogen functional groups attached to an aromatic ring is 1. The van der Waals surface area contributed by atoms with E-state index in [2.05, 4.69) is 4.98 Å². The maximum Gasteiger partial charge on any atom is 0.311 e. The summed E-state index contributed by atoms with van der Waals surface area (Å²) < 4.78 is 0. The van der Waals surface area contributed by atoms with Gasteiger partial charge in [-0.05, 0) is 24.8 Å². The molecule has 1 aliphatic heterocycles. The van der Waals surface area contributed by atoms with Crippen molar-refractivity contribution in [1.29, 1.82) is 0 Å². The maximum atomic E-state index is 10.9. The van der Waals surface area contributed by atoms with Crippen LogP contribution in [-0.2, 0) is 4.79 Å². The van der Waals surface area contributed by atoms with Crippen molar-refractivity contribution in [3.8, 4) is 0 Å². The van der Waals surface area contributed by atoms with Crippen molar-refractivity contribution in [2.75, 3.05) is 23.7 Å². The van der Waals surface area contributed by atoms with Crippen LogP contribution in [0.2, 0.25) is 0 Å². The van der Waals surface area contributed by atoms with Crippen molar-refractivity contribution < 1.29 is 9.72 Å². The Labute approximate surface area is 115 Å². The van der Waals surface area contributed by atoms with E-state index in [4.69, 9.17) is 11.5 Å². The number of anilines is 2. The van der Waals surface area contributed by atoms with E-state index < -0.39 is 4.92 Å². The summed E-state index contributed by atoms with van der Waals surface area (Å²) in [4.78, 5) is 27.1. The van der Waals surface area contributed by atoms with Gasteiger partial charge in [-0.3, -0.25) is 14.9 Å². The molecule has 1 saturated heterocycles. The zero-order chi connectivity index (χ0) is 14.7. The Balaban J connectivity index is 2.02. The van der Waals surface area contributed by atoms with E-state index in [-0.39, 0.29) is 17.4 Å². The molecular formula is C12H17N5O3. The van der Waals surface area contributed by atoms with E-state index in [1.165, 1.54) is 6.07 Å². The molecule has 1 amide bonds. The van der Waals surface area contributed by atoms with Gasteiger partial charge in [0.25, 0.3) is 0 Å². The third-order valence-corrected chi connectivity index (χ3v) is 3.51. The minimum atomic E-state index is -0.550. The van der Waals surface area contributed by atoms with Gasteiger partial charge in [0.05, 0.1) is 4.92 Å². The number of carbonyl (C=O) groups is 1. The van der Waals surface area contributed by atoms with Crippen LogP contribution in [0.15, 0.2) is 12.1 Å². The second-order valence-corrected chi connectivity index (χ2v) is 4.93. The third kappa shape index (κ3) is 3.14. The summed E-state index contributed by atoms with van der Waals surface area (Å²) in [5.74, 6) is 0.581. The quantitative estimate of drug-likeness (QED) is 0.615. The number of nitrogens with zero attached hydrogens (tertiary/aromatic N) is 3. The van der Waals surface area contributed by atoms with Gasteiger partial charge in [-0.15, -0.1) is 0 Å². The number of piperidine rings is 1. The molecule has 0 radical (unpaired) electrons. The first-order valence-corrected chi connectivity index (χ1v) is 6.41. The van der Waals surface area contributed by atoms with E-state index >= 15 is 0 Å². The second-order valence-electron chi connectivity index (χ2n) is 4.93. The van der Waals surface area contributed by atoms with Gasteiger partial charge in [0.1, 0.15) is 5.82 Å². The molecule has 108 valence electrons. The lowest BCUT2D eigenvalue weighted by molar-refractivity contribution is -0.384. The number of hydrogen-bond acceptors (Lipinski definition) is 6. The van der Waals surface area contributed by atoms with Crippen LogP contribution in [0.3, 0.4) is 0 Å². The summed E-state index contributed by atoms with van der Waals surface area (Å²) in [5, 5.41) is 10.7. The SMILES string of the molecule is NC(=O)CC1CCN(c2ccc([N+](=O)[O-])c(N)n2)CC1. The standard InChI is InChI=1S/C12H17N5O3/c13-10(18)7-8-3-5-16(6-4-8)11-2-1-9(17(19)20)12(14)15-11/h1-2,8H,3-7H2,(H2,13,18)(H2,14,15). The number of carbonyl (C=O) groups excluding carboxylic acids is 1. The molecule has 2 rings (SSSR count). The number of nitro groups is 1. The highest BCUT2D eigenvalue weighted by Gasteiger charge is 2.23. The number of primary amides is 1. The Hall–Kier alpha value is -2.38. The fourth-order valence-electron chi connectivity index (χ4n) is 2.44. The average Bonchev–Trinajstić information content (AvgIpc) is 2.38. The average molecular weight is 279 g/mol. The highest BCUT2D eigenvalue weighted by molar-refractivity contribution is 5.74. The molecule has 0 aliphatic carbocycles. The Morgan fingerprint density at radius 1 is 1.45 bits per heavy atom. The largest absolute Gasteiger partial charge is 0.378 e. The van der Waals surface area contributed by atoms with E-state index in [0.717, 1.165) is 25.9 Å². The number of hydrogen-bond donors (Lipinski definition) is 2. The zero-order valence-corrected chi connectivity index (χ0v) is 11.0. The Morgan fingerprint density at radius 3 is 2.60 bits per heavy atom. The van der Waals surface area contributed by atoms with Crippen molar-refractivity contribution in [3.63, 3.8) is 0 Å². The predicted molar refractivity (Wildman–Crippen MR) is 74.1 cm³/mol. The summed E-state index contributed by atoms with van der Waals surface area (Å²) in [7, 11) is 0. The molecule has 1 aromatic rings. The molecule has 4 N–H and O–H groups in total. The number of aromatic nitrogens is 1. The molecule has 1 aliphatic rings. The normalized spacial score (nSPS) is 16.1. The molecule has 0 aromatic carbocycles. The topological polar surface area (TPSA) is 128 Å². The van der Waals surface area contributed by atoms with Crippen molar-refractivity contribution >= 4 is 23.2 Å². The molecule has 1 aromatic heterocycles. The molecule has 2 heterocycles. The van der Waals surface area contributed by atoms with E-state index in [0.29, 0.717) is 18.2 Å². The summed E-state index contributed by atoms with van der Waals surface area (Å²) in [6.07, 6.45) is 2.10. The molecular weight excluding hydrogens is 262 g/mol. The lowest BCUT2D eigenvalue weighted by atomic mass is 9.93. The monoisotopic (exact) mass is 279 g/mol. The lowest BCUT2D eigenvalue weighted by Crippen LogP contribution is -2.35. The van der Waals surface area contributed by atoms with E-state index in [9.17, 15) is 14.9 Å². The van der Waals surface area contributed by atoms with Gasteiger partial charge in [-0.2, -0.15) is 0 Å². The van der Waals surface area contributed by atoms with Gasteiger partial charge in [0.2, 0.25) is 11.7 Å². The minimum Gasteiger partial charge on any atom is -0.378 e. The van der Waals surface area contributed by atoms with Crippen molar-refractivity contribution in [2.45, 2.75) is 19.3 Å². The van der Waals surface area contributed by atoms with Crippen LogP contribution in [-0.4, -0.2) is 28.9 Å². The van der Waals surface area contributed by atoms with Gasteiger partial charge >= 0.3 is 5.69 Å². The van der Waals surface area contributed by atoms with Gasteiger partial charge in [-0.1, -0.05) is 0 Å². The van der Waals surface area contributed by atoms with Crippen molar-refractivity contribution in [2.24, 2.45) is 11.7 Å². The van der Waals surface area contributed by atoms with Crippen molar-refractivity contribution in [1.82, 2.24) is 4.98 Å². The minimum absolute atomic E-state index is 0.0771. The first-order valence-electron chi connectivity index (χ1n) is 6.41. The number of nitrogens with two attached hydrogens (primary N) is 2. The van der Waals surface area contributed by atoms with Crippen LogP contribution in [0, 0.1) is 16.0 Å². The Morgan fingerprint density at radius 2 is 2.10 bits per heavy atom. The van der Waals surface area contributed by atoms with Crippen LogP contribution in [0.1, 0.15) is 19.3 Å². The lowest BCUT2D eigenvalue weighted by Gasteiger charge is -2.32. The summed E-state index contributed by atoms with van der Waals surface area (Å²) in [6, 6.07) is 2.97. The van der Waals surface area contributed by atoms with Crippen LogP contribution < -0.4 is 16.4 Å². The summed E-state index contributed by atoms with van der Waals surface area (Å²) >= 11 is 0. The van der Waals surface area contributed by atoms with E-state index in [1.54, 1.807) is 6.07 Å². The molecule has 1 fully saturated rings. The molecule has 0 bridgehead atoms. The molecule has 8 nitrogen and oxygen atoms in total. The summed E-state index contributed by atoms with van der Waals surface area (Å²) in [5.41, 5.74) is 10.6. The number of amides is 1. The molecule has 0 unspecified atom stereocenters. The zero-order valence-electron chi connectivity index (χ0n) is 11.0. The molecule has 0 spiro atoms. The fraction of sp³-hybridized carbons (Fsp3) is 0.500. The third-order valence-electron chi connectivity index (χ3n) is 3.51. The van der Waals surface area contributed by atoms with Crippen LogP contribution in [0.5, 0.6) is 0 Å². The maximum absolute atomic E-state index is 10.9. The van der Waals surface area contributed by atoms with Gasteiger partial charge in [-0.25, -0.2) is 4.98 Å². The van der Waals surface area contributed by atoms with Gasteiger partial charge in [0.15, 0.2) is 0 Å². The molecule has 8 heteroatoms. The second kappa shape index (κ2) is 5.72. The highest BCUT2D eigenvalue weighted by atomic mass is 16.6. The molecule has 20 heavy (non-hydrogen) atoms. The first-order chi connectivity index (χ1) is 9.47. The Kier molecular flexibility index (Phi) is 4.02. The molecule has 0 saturated carbocycles. The van der Waals surface area contributed by atoms with Gasteiger partial charge < -0.3 is 16.4 Å². The van der Waals surface area contributed by atoms with Crippen LogP contribution in [0.25, 0.3) is 0 Å². The number of rotatable bonds is 4. The van der Waals surface area contributed by atoms with Crippen LogP contribution >= 0.6 is 0 Å². The van der Waals surface area contributed by atoms with Crippen molar-refractivity contribution in [3.05, 3.63) is 22.2 Å². The first kappa shape index (κ1) is 14.0. The molecule has 0 atom stereocenters. The predicted octanol–water partition coefficient (Wildman–Crippen LogP) is 0.664. The highest BCUT2D eigenvalue weighted by Crippen LogP contribution is 2.27. The van der Waals surface area contributed by atoms with Gasteiger partial charge in [0, 0.05) is 25.6 Å². The smallest absolute Gasteiger partial charge is 0.311 e. The number of pyridine rings is 1. The van der Waals surface area contributed by atoms with E-state index in [1.807, 2.05) is 4.90 Å². The Bertz CT molecular complexity index is 526. The summed E-state index contributed by atoms with van der Waals surface area (Å²) in [6.45, 7) is 1.48. The fourth-order valence-corrected chi connectivity index (χ4v) is 2.44.